The maximum absolute atomic E-state index is 12.9. The van der Waals surface area contributed by atoms with Crippen LogP contribution in [-0.2, 0) is 0 Å². The van der Waals surface area contributed by atoms with E-state index < -0.39 is 0 Å². The van der Waals surface area contributed by atoms with E-state index in [1.165, 1.54) is 0 Å². The average molecular weight is 323 g/mol. The van der Waals surface area contributed by atoms with Gasteiger partial charge in [0.2, 0.25) is 0 Å². The number of nitro groups is 1. The molecule has 2 aromatic rings. The number of nitrogens with zero attached hydrogens (tertiary/aromatic N) is 2. The van der Waals surface area contributed by atoms with Crippen LogP contribution in [0.1, 0.15) is 40.5 Å². The molecule has 1 N–H and O–H groups in total. The Bertz CT molecular complexity index is 845. The van der Waals surface area contributed by atoms with Crippen LogP contribution in [0.3, 0.4) is 0 Å². The topological polar surface area (TPSA) is 75.5 Å². The van der Waals surface area contributed by atoms with E-state index in [4.69, 9.17) is 0 Å². The summed E-state index contributed by atoms with van der Waals surface area (Å²) in [5.74, 6) is -0.0138. The second kappa shape index (κ2) is 5.33. The van der Waals surface area contributed by atoms with Crippen LogP contribution >= 0.6 is 0 Å². The van der Waals surface area contributed by atoms with Crippen LogP contribution in [0.25, 0.3) is 0 Å². The van der Waals surface area contributed by atoms with E-state index in [1.54, 1.807) is 19.1 Å². The Hall–Kier alpha value is -2.89. The Morgan fingerprint density at radius 3 is 2.67 bits per heavy atom. The van der Waals surface area contributed by atoms with Crippen LogP contribution < -0.4 is 5.32 Å². The number of para-hydroxylation sites is 1. The smallest absolute Gasteiger partial charge is 0.272 e. The highest BCUT2D eigenvalue weighted by atomic mass is 16.6. The van der Waals surface area contributed by atoms with Crippen molar-refractivity contribution in [3.8, 4) is 0 Å². The maximum atomic E-state index is 12.9. The number of nitrogens with one attached hydrogen (secondary N) is 1. The van der Waals surface area contributed by atoms with Crippen LogP contribution in [0.15, 0.2) is 42.5 Å². The van der Waals surface area contributed by atoms with Crippen LogP contribution in [0, 0.1) is 17.0 Å². The predicted molar refractivity (Wildman–Crippen MR) is 89.8 cm³/mol. The summed E-state index contributed by atoms with van der Waals surface area (Å²) in [5, 5.41) is 14.6. The number of amides is 1. The van der Waals surface area contributed by atoms with Crippen molar-refractivity contribution in [3.63, 3.8) is 0 Å². The first-order valence-electron chi connectivity index (χ1n) is 7.99. The monoisotopic (exact) mass is 323 g/mol. The zero-order valence-electron chi connectivity index (χ0n) is 13.2. The molecule has 1 atom stereocenters. The van der Waals surface area contributed by atoms with Crippen LogP contribution in [0.2, 0.25) is 0 Å². The first kappa shape index (κ1) is 14.7. The third-order valence-electron chi connectivity index (χ3n) is 4.65. The third kappa shape index (κ3) is 2.31. The number of hydrogen-bond acceptors (Lipinski definition) is 4. The number of carbonyl (C=O) groups is 1. The van der Waals surface area contributed by atoms with Gasteiger partial charge in [0, 0.05) is 28.9 Å². The van der Waals surface area contributed by atoms with Gasteiger partial charge in [-0.25, -0.2) is 0 Å². The van der Waals surface area contributed by atoms with E-state index in [1.807, 2.05) is 35.2 Å². The Kier molecular flexibility index (Phi) is 3.26. The maximum Gasteiger partial charge on any atom is 0.272 e. The summed E-state index contributed by atoms with van der Waals surface area (Å²) in [7, 11) is 0. The highest BCUT2D eigenvalue weighted by molar-refractivity contribution is 6.02. The molecule has 0 radical (unpaired) electrons. The van der Waals surface area contributed by atoms with Gasteiger partial charge in [0.15, 0.2) is 0 Å². The first-order valence-corrected chi connectivity index (χ1v) is 7.99. The van der Waals surface area contributed by atoms with E-state index in [9.17, 15) is 14.9 Å². The summed E-state index contributed by atoms with van der Waals surface area (Å²) in [6.07, 6.45) is 1.57. The highest BCUT2D eigenvalue weighted by Gasteiger charge is 2.42. The van der Waals surface area contributed by atoms with Crippen LogP contribution in [0.4, 0.5) is 11.4 Å². The van der Waals surface area contributed by atoms with Crippen molar-refractivity contribution in [3.05, 3.63) is 69.3 Å². The Labute approximate surface area is 139 Å². The van der Waals surface area contributed by atoms with Gasteiger partial charge in [0.05, 0.1) is 10.5 Å². The SMILES string of the molecule is Cc1ccc([C@H]2Nc3ccccc3C(=O)N2C2CC2)cc1[N+](=O)[O-]. The van der Waals surface area contributed by atoms with E-state index in [-0.39, 0.29) is 28.7 Å². The first-order chi connectivity index (χ1) is 11.6. The molecule has 4 rings (SSSR count). The fourth-order valence-corrected chi connectivity index (χ4v) is 3.24. The Balaban J connectivity index is 1.80. The molecule has 6 heteroatoms. The standard InChI is InChI=1S/C18H17N3O3/c1-11-6-7-12(10-16(11)21(23)24)17-19-15-5-3-2-4-14(15)18(22)20(17)13-8-9-13/h2-7,10,13,17,19H,8-9H2,1H3/t17-/m0/s1. The Morgan fingerprint density at radius 1 is 1.21 bits per heavy atom. The number of hydrogen-bond donors (Lipinski definition) is 1. The molecule has 0 unspecified atom stereocenters. The largest absolute Gasteiger partial charge is 0.361 e. The molecular formula is C18H17N3O3. The third-order valence-corrected chi connectivity index (χ3v) is 4.65. The van der Waals surface area contributed by atoms with Gasteiger partial charge < -0.3 is 10.2 Å². The minimum atomic E-state index is -0.376. The summed E-state index contributed by atoms with van der Waals surface area (Å²) in [5.41, 5.74) is 2.86. The fourth-order valence-electron chi connectivity index (χ4n) is 3.24. The molecule has 122 valence electrons. The number of carbonyl (C=O) groups excluding carboxylic acids is 1. The minimum absolute atomic E-state index is 0.0138. The molecule has 1 heterocycles. The minimum Gasteiger partial charge on any atom is -0.361 e. The van der Waals surface area contributed by atoms with Gasteiger partial charge in [-0.05, 0) is 31.9 Å². The van der Waals surface area contributed by atoms with Gasteiger partial charge in [-0.3, -0.25) is 14.9 Å². The molecule has 1 amide bonds. The quantitative estimate of drug-likeness (QED) is 0.691. The van der Waals surface area contributed by atoms with Gasteiger partial charge in [-0.2, -0.15) is 0 Å². The summed E-state index contributed by atoms with van der Waals surface area (Å²) in [4.78, 5) is 25.6. The van der Waals surface area contributed by atoms with E-state index in [0.29, 0.717) is 11.1 Å². The highest BCUT2D eigenvalue weighted by Crippen LogP contribution is 2.41. The van der Waals surface area contributed by atoms with Crippen molar-refractivity contribution in [2.24, 2.45) is 0 Å². The van der Waals surface area contributed by atoms with Crippen LogP contribution in [-0.4, -0.2) is 21.8 Å². The summed E-state index contributed by atoms with van der Waals surface area (Å²) >= 11 is 0. The molecule has 0 spiro atoms. The van der Waals surface area contributed by atoms with Gasteiger partial charge >= 0.3 is 0 Å². The van der Waals surface area contributed by atoms with E-state index in [0.717, 1.165) is 24.1 Å². The lowest BCUT2D eigenvalue weighted by Crippen LogP contribution is -2.44. The van der Waals surface area contributed by atoms with Crippen LogP contribution in [0.5, 0.6) is 0 Å². The summed E-state index contributed by atoms with van der Waals surface area (Å²) < 4.78 is 0. The van der Waals surface area contributed by atoms with Crippen molar-refractivity contribution in [2.45, 2.75) is 32.0 Å². The van der Waals surface area contributed by atoms with E-state index >= 15 is 0 Å². The van der Waals surface area contributed by atoms with Gasteiger partial charge in [-0.15, -0.1) is 0 Å². The lowest BCUT2D eigenvalue weighted by molar-refractivity contribution is -0.385. The van der Waals surface area contributed by atoms with Gasteiger partial charge in [0.25, 0.3) is 11.6 Å². The Morgan fingerprint density at radius 2 is 1.96 bits per heavy atom. The fraction of sp³-hybridized carbons (Fsp3) is 0.278. The molecule has 1 saturated carbocycles. The van der Waals surface area contributed by atoms with Crippen molar-refractivity contribution in [1.29, 1.82) is 0 Å². The second-order valence-corrected chi connectivity index (χ2v) is 6.34. The molecule has 24 heavy (non-hydrogen) atoms. The summed E-state index contributed by atoms with van der Waals surface area (Å²) in [6, 6.07) is 12.8. The molecule has 1 aliphatic heterocycles. The van der Waals surface area contributed by atoms with Crippen molar-refractivity contribution in [1.82, 2.24) is 4.90 Å². The molecule has 0 saturated heterocycles. The second-order valence-electron chi connectivity index (χ2n) is 6.34. The summed E-state index contributed by atoms with van der Waals surface area (Å²) in [6.45, 7) is 1.72. The molecule has 1 aliphatic carbocycles. The normalized spacial score (nSPS) is 19.6. The number of fused-ring (bicyclic) bond motifs is 1. The molecule has 1 fully saturated rings. The number of anilines is 1. The lowest BCUT2D eigenvalue weighted by atomic mass is 10.0. The molecule has 0 aromatic heterocycles. The van der Waals surface area contributed by atoms with Crippen molar-refractivity contribution < 1.29 is 9.72 Å². The number of aryl methyl sites for hydroxylation is 1. The average Bonchev–Trinajstić information content (AvgIpc) is 3.39. The predicted octanol–water partition coefficient (Wildman–Crippen LogP) is 3.63. The molecular weight excluding hydrogens is 306 g/mol. The zero-order valence-corrected chi connectivity index (χ0v) is 13.2. The number of benzene rings is 2. The zero-order chi connectivity index (χ0) is 16.8. The number of nitro benzene ring substituents is 1. The molecule has 0 bridgehead atoms. The van der Waals surface area contributed by atoms with E-state index in [2.05, 4.69) is 5.32 Å². The molecule has 2 aliphatic rings. The van der Waals surface area contributed by atoms with Crippen molar-refractivity contribution in [2.75, 3.05) is 5.32 Å². The van der Waals surface area contributed by atoms with Gasteiger partial charge in [0.1, 0.15) is 6.17 Å². The van der Waals surface area contributed by atoms with Gasteiger partial charge in [-0.1, -0.05) is 24.3 Å². The van der Waals surface area contributed by atoms with Crippen molar-refractivity contribution >= 4 is 17.3 Å². The lowest BCUT2D eigenvalue weighted by Gasteiger charge is -2.38. The molecule has 6 nitrogen and oxygen atoms in total. The molecule has 2 aromatic carbocycles. The number of rotatable bonds is 3.